The summed E-state index contributed by atoms with van der Waals surface area (Å²) in [4.78, 5) is 98.7. The summed E-state index contributed by atoms with van der Waals surface area (Å²) in [5.41, 5.74) is -3.30. The maximum absolute atomic E-state index is 13.0. The van der Waals surface area contributed by atoms with E-state index in [4.69, 9.17) is 66.3 Å². The van der Waals surface area contributed by atoms with Crippen LogP contribution >= 0.6 is 0 Å². The number of rotatable bonds is 19. The van der Waals surface area contributed by atoms with Crippen molar-refractivity contribution in [3.05, 3.63) is 24.3 Å². The average molecular weight is 1180 g/mol. The topological polar surface area (TPSA) is 266 Å². The number of hydrogen-bond donors (Lipinski definition) is 0. The van der Waals surface area contributed by atoms with E-state index in [0.717, 1.165) is 38.5 Å². The van der Waals surface area contributed by atoms with Gasteiger partial charge in [-0.3, -0.25) is 9.59 Å². The molecule has 22 nitrogen and oxygen atoms in total. The van der Waals surface area contributed by atoms with Gasteiger partial charge in [-0.1, -0.05) is 13.2 Å². The van der Waals surface area contributed by atoms with Gasteiger partial charge in [-0.15, -0.1) is 0 Å². The Balaban J connectivity index is 0.000000239. The maximum atomic E-state index is 13.0. The van der Waals surface area contributed by atoms with Crippen molar-refractivity contribution in [3.63, 3.8) is 0 Å². The molecule has 8 unspecified atom stereocenters. The monoisotopic (exact) mass is 1170 g/mol. The largest absolute Gasteiger partial charge is 0.508 e. The van der Waals surface area contributed by atoms with E-state index in [0.29, 0.717) is 63.2 Å². The molecule has 22 heteroatoms. The van der Waals surface area contributed by atoms with E-state index >= 15 is 0 Å². The van der Waals surface area contributed by atoms with Crippen LogP contribution in [-0.4, -0.2) is 145 Å². The van der Waals surface area contributed by atoms with Crippen molar-refractivity contribution in [1.82, 2.24) is 0 Å². The lowest BCUT2D eigenvalue weighted by atomic mass is 9.48. The summed E-state index contributed by atoms with van der Waals surface area (Å²) in [5, 5.41) is 0. The summed E-state index contributed by atoms with van der Waals surface area (Å²) in [6, 6.07) is 0. The maximum Gasteiger partial charge on any atom is 0.508 e. The van der Waals surface area contributed by atoms with Gasteiger partial charge in [-0.25, -0.2) is 28.8 Å². The molecule has 0 amide bonds. The third-order valence-corrected chi connectivity index (χ3v) is 16.1. The third-order valence-electron chi connectivity index (χ3n) is 16.1. The van der Waals surface area contributed by atoms with Crippen molar-refractivity contribution >= 4 is 48.1 Å². The van der Waals surface area contributed by atoms with Gasteiger partial charge >= 0.3 is 48.1 Å². The highest BCUT2D eigenvalue weighted by Gasteiger charge is 2.63. The highest BCUT2D eigenvalue weighted by Crippen LogP contribution is 2.63. The predicted molar refractivity (Wildman–Crippen MR) is 291 cm³/mol. The quantitative estimate of drug-likeness (QED) is 0.0662. The molecule has 2 heterocycles. The Morgan fingerprint density at radius 3 is 1.20 bits per heavy atom. The number of carbonyl (C=O) groups excluding carboxylic acids is 8. The average Bonchev–Trinajstić information content (AvgIpc) is 3.41. The van der Waals surface area contributed by atoms with Gasteiger partial charge in [-0.2, -0.15) is 0 Å². The van der Waals surface area contributed by atoms with E-state index in [1.54, 1.807) is 48.5 Å². The van der Waals surface area contributed by atoms with Gasteiger partial charge in [0.25, 0.3) is 0 Å². The van der Waals surface area contributed by atoms with Crippen LogP contribution in [0, 0.1) is 29.1 Å². The van der Waals surface area contributed by atoms with E-state index in [-0.39, 0.29) is 73.0 Å². The Hall–Kier alpha value is -5.32. The molecule has 0 radical (unpaired) electrons. The number of esters is 6. The predicted octanol–water partition coefficient (Wildman–Crippen LogP) is 9.32. The first-order valence-electron chi connectivity index (χ1n) is 29.3. The van der Waals surface area contributed by atoms with Gasteiger partial charge in [0, 0.05) is 35.8 Å². The van der Waals surface area contributed by atoms with Crippen LogP contribution in [0.25, 0.3) is 0 Å². The summed E-state index contributed by atoms with van der Waals surface area (Å²) in [7, 11) is 0. The van der Waals surface area contributed by atoms with E-state index < -0.39 is 113 Å². The van der Waals surface area contributed by atoms with Crippen molar-refractivity contribution in [2.24, 2.45) is 29.1 Å². The normalized spacial score (nSPS) is 33.2. The summed E-state index contributed by atoms with van der Waals surface area (Å²) in [5.74, 6) is -3.95. The fourth-order valence-electron chi connectivity index (χ4n) is 14.8. The Morgan fingerprint density at radius 2 is 0.807 bits per heavy atom. The van der Waals surface area contributed by atoms with Crippen LogP contribution < -0.4 is 0 Å². The molecule has 8 bridgehead atoms. The summed E-state index contributed by atoms with van der Waals surface area (Å²) in [6.07, 6.45) is 6.47. The molecule has 10 rings (SSSR count). The van der Waals surface area contributed by atoms with E-state index in [1.165, 1.54) is 13.8 Å². The Labute approximate surface area is 487 Å². The van der Waals surface area contributed by atoms with Crippen molar-refractivity contribution in [3.8, 4) is 0 Å². The van der Waals surface area contributed by atoms with Crippen LogP contribution in [0.2, 0.25) is 0 Å². The van der Waals surface area contributed by atoms with Crippen molar-refractivity contribution < 1.29 is 105 Å². The highest BCUT2D eigenvalue weighted by atomic mass is 16.8. The van der Waals surface area contributed by atoms with Crippen LogP contribution in [0.15, 0.2) is 24.3 Å². The summed E-state index contributed by atoms with van der Waals surface area (Å²) < 4.78 is 78.9. The summed E-state index contributed by atoms with van der Waals surface area (Å²) >= 11 is 0. The van der Waals surface area contributed by atoms with Crippen LogP contribution in [0.3, 0.4) is 0 Å². The standard InChI is InChI=1S/C31H46O11.C30H44O11/c1-19(2)26(34)36-16-25(33)38-18-30-11-20-8-21(12-30)14-31(13-20,17-30)42-27(35)37-15-23-9-22(39-29(6,7)40-23)10-24(32)41-28(3,4)5;1-18(2)25(33)35-16-24(32)40-29-11-19-8-20(12-29)14-30(13-19,17-29)41-26(34)36-15-22-9-21(37-28(6,7)38-22)10-23(31)39-27(3,4)5/h20-23H,1,8-18H2,2-7H3;19-22H,1,8-17H2,2-7H3. The van der Waals surface area contributed by atoms with Crippen molar-refractivity contribution in [2.75, 3.05) is 33.0 Å². The second-order valence-electron chi connectivity index (χ2n) is 28.0. The van der Waals surface area contributed by atoms with E-state index in [1.807, 2.05) is 20.8 Å². The fraction of sp³-hybridized carbons (Fsp3) is 0.803. The lowest BCUT2D eigenvalue weighted by molar-refractivity contribution is -0.305. The van der Waals surface area contributed by atoms with Gasteiger partial charge in [0.05, 0.1) is 43.9 Å². The molecule has 8 aliphatic carbocycles. The molecule has 10 aliphatic rings. The minimum Gasteiger partial charge on any atom is -0.463 e. The second kappa shape index (κ2) is 25.3. The molecule has 0 aromatic carbocycles. The zero-order valence-corrected chi connectivity index (χ0v) is 50.9. The Bertz CT molecular complexity index is 2430. The lowest BCUT2D eigenvalue weighted by Crippen LogP contribution is -2.62. The minimum atomic E-state index is -0.974. The molecular formula is C61H90O22. The number of ether oxygens (including phenoxy) is 14. The molecular weight excluding hydrogens is 1080 g/mol. The van der Waals surface area contributed by atoms with Crippen LogP contribution in [0.4, 0.5) is 9.59 Å². The Morgan fingerprint density at radius 1 is 0.446 bits per heavy atom. The zero-order chi connectivity index (χ0) is 61.1. The Kier molecular flexibility index (Phi) is 19.9. The first kappa shape index (κ1) is 65.2. The fourth-order valence-corrected chi connectivity index (χ4v) is 14.8. The molecule has 466 valence electrons. The molecule has 8 saturated carbocycles. The van der Waals surface area contributed by atoms with Gasteiger partial charge < -0.3 is 66.3 Å². The number of carbonyl (C=O) groups is 8. The third kappa shape index (κ3) is 19.1. The SMILES string of the molecule is C=C(C)C(=O)OCC(=O)OC12CC3CC(C1)CC(OC(=O)OCC1CC(CC(=O)OC(C)(C)C)OC(C)(C)O1)(C3)C2.C=C(C)C(=O)OCC(=O)OCC12CC3CC(C1)CC(OC(=O)OCC1CC(CC(=O)OC(C)(C)C)OC(C)(C)O1)(C3)C2. The molecule has 83 heavy (non-hydrogen) atoms. The summed E-state index contributed by atoms with van der Waals surface area (Å²) in [6.45, 7) is 27.0. The molecule has 0 spiro atoms. The van der Waals surface area contributed by atoms with Gasteiger partial charge in [0.2, 0.25) is 0 Å². The van der Waals surface area contributed by atoms with Gasteiger partial charge in [-0.05, 0) is 177 Å². The second-order valence-corrected chi connectivity index (χ2v) is 28.0. The van der Waals surface area contributed by atoms with Gasteiger partial charge in [0.15, 0.2) is 24.8 Å². The number of hydrogen-bond acceptors (Lipinski definition) is 22. The van der Waals surface area contributed by atoms with Crippen LogP contribution in [0.1, 0.15) is 186 Å². The van der Waals surface area contributed by atoms with E-state index in [2.05, 4.69) is 13.2 Å². The highest BCUT2D eigenvalue weighted by molar-refractivity contribution is 5.89. The zero-order valence-electron chi connectivity index (χ0n) is 50.9. The van der Waals surface area contributed by atoms with Gasteiger partial charge in [0.1, 0.15) is 41.2 Å². The first-order chi connectivity index (χ1) is 38.4. The first-order valence-corrected chi connectivity index (χ1v) is 29.3. The molecule has 10 fully saturated rings. The van der Waals surface area contributed by atoms with Crippen LogP contribution in [-0.2, 0) is 95.1 Å². The lowest BCUT2D eigenvalue weighted by Gasteiger charge is -2.60. The molecule has 8 atom stereocenters. The van der Waals surface area contributed by atoms with Crippen molar-refractivity contribution in [2.45, 2.75) is 250 Å². The minimum absolute atomic E-state index is 0.0367. The molecule has 0 aromatic rings. The van der Waals surface area contributed by atoms with E-state index in [9.17, 15) is 38.4 Å². The van der Waals surface area contributed by atoms with Crippen molar-refractivity contribution in [1.29, 1.82) is 0 Å². The van der Waals surface area contributed by atoms with Crippen LogP contribution in [0.5, 0.6) is 0 Å². The smallest absolute Gasteiger partial charge is 0.463 e. The molecule has 2 saturated heterocycles. The molecule has 0 N–H and O–H groups in total. The molecule has 0 aromatic heterocycles. The molecule has 2 aliphatic heterocycles.